The third-order valence-electron chi connectivity index (χ3n) is 3.07. The van der Waals surface area contributed by atoms with Gasteiger partial charge < -0.3 is 19.3 Å². The molecule has 8 nitrogen and oxygen atoms in total. The van der Waals surface area contributed by atoms with Gasteiger partial charge in [-0.2, -0.15) is 5.10 Å². The quantitative estimate of drug-likeness (QED) is 0.522. The van der Waals surface area contributed by atoms with E-state index in [-0.39, 0.29) is 6.61 Å². The molecule has 0 atom stereocenters. The molecule has 26 heavy (non-hydrogen) atoms. The number of carboxylic acid groups (broad SMARTS) is 1. The molecule has 1 amide bonds. The van der Waals surface area contributed by atoms with Crippen LogP contribution in [0.3, 0.4) is 0 Å². The van der Waals surface area contributed by atoms with Crippen LogP contribution in [0.1, 0.15) is 5.56 Å². The molecular weight excluding hydrogens is 340 g/mol. The molecule has 2 N–H and O–H groups in total. The van der Waals surface area contributed by atoms with Crippen molar-refractivity contribution in [2.45, 2.75) is 0 Å². The Morgan fingerprint density at radius 2 is 1.50 bits per heavy atom. The summed E-state index contributed by atoms with van der Waals surface area (Å²) in [5, 5.41) is 12.4. The standard InChI is InChI=1S/C18H18N2O6/c1-24-14-6-8-16(9-7-14)25-11-17(21)20-19-10-13-2-4-15(5-3-13)26-12-18(22)23/h2-10H,11-12H2,1H3,(H,20,21)(H,22,23)/b19-10-. The zero-order chi connectivity index (χ0) is 18.8. The second-order valence-electron chi connectivity index (χ2n) is 5.01. The molecule has 0 radical (unpaired) electrons. The summed E-state index contributed by atoms with van der Waals surface area (Å²) >= 11 is 0. The molecular formula is C18H18N2O6. The van der Waals surface area contributed by atoms with Crippen molar-refractivity contribution in [1.29, 1.82) is 0 Å². The van der Waals surface area contributed by atoms with E-state index in [0.717, 1.165) is 0 Å². The summed E-state index contributed by atoms with van der Waals surface area (Å²) in [6, 6.07) is 13.4. The van der Waals surface area contributed by atoms with Gasteiger partial charge >= 0.3 is 5.97 Å². The molecule has 0 fully saturated rings. The topological polar surface area (TPSA) is 106 Å². The van der Waals surface area contributed by atoms with E-state index < -0.39 is 18.5 Å². The van der Waals surface area contributed by atoms with Crippen LogP contribution in [0.4, 0.5) is 0 Å². The van der Waals surface area contributed by atoms with E-state index in [0.29, 0.717) is 22.8 Å². The first-order chi connectivity index (χ1) is 12.6. The Kier molecular flexibility index (Phi) is 6.99. The Morgan fingerprint density at radius 1 is 0.962 bits per heavy atom. The van der Waals surface area contributed by atoms with Gasteiger partial charge in [-0.1, -0.05) is 0 Å². The molecule has 0 aliphatic rings. The maximum Gasteiger partial charge on any atom is 0.341 e. The zero-order valence-electron chi connectivity index (χ0n) is 14.0. The van der Waals surface area contributed by atoms with Gasteiger partial charge in [0.1, 0.15) is 17.2 Å². The highest BCUT2D eigenvalue weighted by Crippen LogP contribution is 2.16. The maximum absolute atomic E-state index is 11.7. The Morgan fingerprint density at radius 3 is 2.08 bits per heavy atom. The molecule has 0 aliphatic carbocycles. The van der Waals surface area contributed by atoms with Crippen LogP contribution in [-0.4, -0.2) is 43.5 Å². The monoisotopic (exact) mass is 358 g/mol. The van der Waals surface area contributed by atoms with Gasteiger partial charge in [-0.25, -0.2) is 10.2 Å². The van der Waals surface area contributed by atoms with Crippen molar-refractivity contribution in [2.75, 3.05) is 20.3 Å². The maximum atomic E-state index is 11.7. The number of carboxylic acids is 1. The molecule has 0 unspecified atom stereocenters. The fourth-order valence-electron chi connectivity index (χ4n) is 1.83. The predicted octanol–water partition coefficient (Wildman–Crippen LogP) is 1.69. The Hall–Kier alpha value is -3.55. The van der Waals surface area contributed by atoms with Gasteiger partial charge in [-0.15, -0.1) is 0 Å². The molecule has 2 aromatic rings. The van der Waals surface area contributed by atoms with E-state index in [1.807, 2.05) is 0 Å². The molecule has 136 valence electrons. The number of rotatable bonds is 9. The molecule has 0 heterocycles. The van der Waals surface area contributed by atoms with E-state index in [2.05, 4.69) is 10.5 Å². The minimum Gasteiger partial charge on any atom is -0.497 e. The van der Waals surface area contributed by atoms with Gasteiger partial charge in [-0.3, -0.25) is 4.79 Å². The van der Waals surface area contributed by atoms with Crippen molar-refractivity contribution in [1.82, 2.24) is 5.43 Å². The molecule has 2 aromatic carbocycles. The number of hydrogen-bond acceptors (Lipinski definition) is 6. The summed E-state index contributed by atoms with van der Waals surface area (Å²) in [5.74, 6) is 0.225. The van der Waals surface area contributed by atoms with E-state index >= 15 is 0 Å². The molecule has 0 saturated heterocycles. The minimum absolute atomic E-state index is 0.175. The van der Waals surface area contributed by atoms with E-state index in [1.54, 1.807) is 55.6 Å². The number of carbonyl (C=O) groups is 2. The number of ether oxygens (including phenoxy) is 3. The highest BCUT2D eigenvalue weighted by molar-refractivity contribution is 5.83. The van der Waals surface area contributed by atoms with Crippen molar-refractivity contribution in [3.63, 3.8) is 0 Å². The number of nitrogens with one attached hydrogen (secondary N) is 1. The molecule has 2 rings (SSSR count). The number of aliphatic carboxylic acids is 1. The van der Waals surface area contributed by atoms with E-state index in [9.17, 15) is 9.59 Å². The molecule has 8 heteroatoms. The zero-order valence-corrected chi connectivity index (χ0v) is 14.0. The fourth-order valence-corrected chi connectivity index (χ4v) is 1.83. The first kappa shape index (κ1) is 18.8. The lowest BCUT2D eigenvalue weighted by molar-refractivity contribution is -0.139. The Balaban J connectivity index is 1.74. The summed E-state index contributed by atoms with van der Waals surface area (Å²) in [4.78, 5) is 22.1. The average Bonchev–Trinajstić information content (AvgIpc) is 2.66. The first-order valence-electron chi connectivity index (χ1n) is 7.60. The minimum atomic E-state index is -1.05. The van der Waals surface area contributed by atoms with Crippen LogP contribution in [0, 0.1) is 0 Å². The fraction of sp³-hybridized carbons (Fsp3) is 0.167. The van der Waals surface area contributed by atoms with Crippen LogP contribution in [-0.2, 0) is 9.59 Å². The van der Waals surface area contributed by atoms with Crippen molar-refractivity contribution < 1.29 is 28.9 Å². The molecule has 0 bridgehead atoms. The van der Waals surface area contributed by atoms with Crippen LogP contribution >= 0.6 is 0 Å². The van der Waals surface area contributed by atoms with Gasteiger partial charge in [0.15, 0.2) is 13.2 Å². The summed E-state index contributed by atoms with van der Waals surface area (Å²) in [6.45, 7) is -0.580. The Bertz CT molecular complexity index is 756. The normalized spacial score (nSPS) is 10.3. The molecule has 0 aliphatic heterocycles. The summed E-state index contributed by atoms with van der Waals surface area (Å²) in [7, 11) is 1.57. The number of methoxy groups -OCH3 is 1. The van der Waals surface area contributed by atoms with Crippen LogP contribution in [0.25, 0.3) is 0 Å². The van der Waals surface area contributed by atoms with E-state index in [4.69, 9.17) is 19.3 Å². The second kappa shape index (κ2) is 9.67. The van der Waals surface area contributed by atoms with Crippen molar-refractivity contribution in [2.24, 2.45) is 5.10 Å². The predicted molar refractivity (Wildman–Crippen MR) is 93.8 cm³/mol. The van der Waals surface area contributed by atoms with Gasteiger partial charge in [0.05, 0.1) is 13.3 Å². The van der Waals surface area contributed by atoms with Gasteiger partial charge in [0, 0.05) is 0 Å². The van der Waals surface area contributed by atoms with Crippen LogP contribution in [0.2, 0.25) is 0 Å². The van der Waals surface area contributed by atoms with Crippen molar-refractivity contribution in [3.8, 4) is 17.2 Å². The average molecular weight is 358 g/mol. The van der Waals surface area contributed by atoms with Crippen molar-refractivity contribution >= 4 is 18.1 Å². The van der Waals surface area contributed by atoms with Crippen molar-refractivity contribution in [3.05, 3.63) is 54.1 Å². The highest BCUT2D eigenvalue weighted by atomic mass is 16.5. The second-order valence-corrected chi connectivity index (χ2v) is 5.01. The van der Waals surface area contributed by atoms with Crippen LogP contribution in [0.5, 0.6) is 17.2 Å². The van der Waals surface area contributed by atoms with Crippen LogP contribution < -0.4 is 19.6 Å². The molecule has 0 saturated carbocycles. The lowest BCUT2D eigenvalue weighted by Gasteiger charge is -2.06. The van der Waals surface area contributed by atoms with Crippen LogP contribution in [0.15, 0.2) is 53.6 Å². The summed E-state index contributed by atoms with van der Waals surface area (Å²) in [6.07, 6.45) is 1.45. The Labute approximate surface area is 150 Å². The smallest absolute Gasteiger partial charge is 0.341 e. The third kappa shape index (κ3) is 6.52. The van der Waals surface area contributed by atoms with Gasteiger partial charge in [0.2, 0.25) is 0 Å². The van der Waals surface area contributed by atoms with E-state index in [1.165, 1.54) is 6.21 Å². The number of nitrogens with zero attached hydrogens (tertiary/aromatic N) is 1. The third-order valence-corrected chi connectivity index (χ3v) is 3.07. The molecule has 0 aromatic heterocycles. The summed E-state index contributed by atoms with van der Waals surface area (Å²) in [5.41, 5.74) is 3.06. The largest absolute Gasteiger partial charge is 0.497 e. The van der Waals surface area contributed by atoms with Gasteiger partial charge in [-0.05, 0) is 54.1 Å². The SMILES string of the molecule is COc1ccc(OCC(=O)N/N=C\c2ccc(OCC(=O)O)cc2)cc1. The number of carbonyl (C=O) groups excluding carboxylic acids is 1. The lowest BCUT2D eigenvalue weighted by Crippen LogP contribution is -2.24. The van der Waals surface area contributed by atoms with Gasteiger partial charge in [0.25, 0.3) is 5.91 Å². The first-order valence-corrected chi connectivity index (χ1v) is 7.60. The number of hydrazone groups is 1. The number of hydrogen-bond donors (Lipinski definition) is 2. The summed E-state index contributed by atoms with van der Waals surface area (Å²) < 4.78 is 15.4. The number of benzene rings is 2. The number of amides is 1. The lowest BCUT2D eigenvalue weighted by atomic mass is 10.2. The highest BCUT2D eigenvalue weighted by Gasteiger charge is 2.02. The molecule has 0 spiro atoms.